The van der Waals surface area contributed by atoms with Crippen LogP contribution < -0.4 is 14.4 Å². The number of nitrogens with zero attached hydrogens (tertiary/aromatic N) is 2. The smallest absolute Gasteiger partial charge is 0.246 e. The molecular formula is C25H18N2O3. The zero-order valence-corrected chi connectivity index (χ0v) is 16.2. The zero-order chi connectivity index (χ0) is 20.3. The van der Waals surface area contributed by atoms with Crippen molar-refractivity contribution in [1.82, 2.24) is 0 Å². The van der Waals surface area contributed by atoms with Gasteiger partial charge < -0.3 is 14.4 Å². The van der Waals surface area contributed by atoms with E-state index >= 15 is 0 Å². The molecule has 30 heavy (non-hydrogen) atoms. The first-order valence-electron chi connectivity index (χ1n) is 10.0. The van der Waals surface area contributed by atoms with Gasteiger partial charge in [0.05, 0.1) is 24.8 Å². The van der Waals surface area contributed by atoms with Crippen LogP contribution >= 0.6 is 0 Å². The quantitative estimate of drug-likeness (QED) is 0.665. The van der Waals surface area contributed by atoms with Gasteiger partial charge in [0.2, 0.25) is 5.91 Å². The molecule has 0 N–H and O–H groups in total. The van der Waals surface area contributed by atoms with Crippen LogP contribution in [0, 0.1) is 11.3 Å². The van der Waals surface area contributed by atoms with E-state index in [1.165, 1.54) is 0 Å². The molecule has 0 saturated heterocycles. The van der Waals surface area contributed by atoms with Crippen LogP contribution in [-0.2, 0) is 23.2 Å². The molecule has 0 fully saturated rings. The fourth-order valence-corrected chi connectivity index (χ4v) is 4.87. The number of hydrogen-bond acceptors (Lipinski definition) is 4. The summed E-state index contributed by atoms with van der Waals surface area (Å²) in [6.07, 6.45) is 0.851. The monoisotopic (exact) mass is 394 g/mol. The Hall–Kier alpha value is -3.78. The SMILES string of the molecule is N#Cc1ccc(CN2C(=O)[C@]3(COc4cc5c(cc43)CCO5)c3ccccc32)cc1. The van der Waals surface area contributed by atoms with Crippen LogP contribution in [0.15, 0.2) is 60.7 Å². The van der Waals surface area contributed by atoms with E-state index in [2.05, 4.69) is 12.1 Å². The molecule has 6 rings (SSSR count). The van der Waals surface area contributed by atoms with Crippen molar-refractivity contribution in [1.29, 1.82) is 5.26 Å². The van der Waals surface area contributed by atoms with Gasteiger partial charge in [0.1, 0.15) is 23.5 Å². The first kappa shape index (κ1) is 17.1. The number of ether oxygens (including phenoxy) is 2. The molecule has 146 valence electrons. The average Bonchev–Trinajstić information content (AvgIpc) is 3.46. The standard InChI is InChI=1S/C25H18N2O3/c26-13-16-5-7-17(8-6-16)14-27-21-4-2-1-3-19(21)25(24(27)28)15-30-23-12-22-18(9-10-29-22)11-20(23)25/h1-8,11-12H,9-10,14-15H2/t25-/m1/s1. The Balaban J connectivity index is 1.47. The highest BCUT2D eigenvalue weighted by Gasteiger charge is 2.57. The van der Waals surface area contributed by atoms with E-state index in [1.54, 1.807) is 12.1 Å². The summed E-state index contributed by atoms with van der Waals surface area (Å²) >= 11 is 0. The molecule has 0 unspecified atom stereocenters. The molecule has 5 nitrogen and oxygen atoms in total. The fraction of sp³-hybridized carbons (Fsp3) is 0.200. The van der Waals surface area contributed by atoms with Gasteiger partial charge in [-0.3, -0.25) is 4.79 Å². The van der Waals surface area contributed by atoms with Crippen LogP contribution in [0.25, 0.3) is 0 Å². The third-order valence-electron chi connectivity index (χ3n) is 6.38. The van der Waals surface area contributed by atoms with Crippen molar-refractivity contribution in [3.8, 4) is 17.6 Å². The molecule has 0 aliphatic carbocycles. The highest BCUT2D eigenvalue weighted by Crippen LogP contribution is 2.54. The number of para-hydroxylation sites is 1. The van der Waals surface area contributed by atoms with Crippen LogP contribution in [0.1, 0.15) is 27.8 Å². The number of rotatable bonds is 2. The van der Waals surface area contributed by atoms with Crippen LogP contribution in [0.4, 0.5) is 5.69 Å². The lowest BCUT2D eigenvalue weighted by Gasteiger charge is -2.23. The highest BCUT2D eigenvalue weighted by molar-refractivity contribution is 6.11. The van der Waals surface area contributed by atoms with Crippen molar-refractivity contribution in [2.75, 3.05) is 18.1 Å². The van der Waals surface area contributed by atoms with Gasteiger partial charge >= 0.3 is 0 Å². The zero-order valence-electron chi connectivity index (χ0n) is 16.2. The first-order chi connectivity index (χ1) is 14.7. The molecule has 0 radical (unpaired) electrons. The van der Waals surface area contributed by atoms with E-state index in [-0.39, 0.29) is 5.91 Å². The lowest BCUT2D eigenvalue weighted by Crippen LogP contribution is -2.42. The summed E-state index contributed by atoms with van der Waals surface area (Å²) < 4.78 is 11.7. The first-order valence-corrected chi connectivity index (χ1v) is 10.0. The molecule has 1 amide bonds. The van der Waals surface area contributed by atoms with E-state index in [1.807, 2.05) is 47.4 Å². The summed E-state index contributed by atoms with van der Waals surface area (Å²) in [7, 11) is 0. The number of anilines is 1. The molecule has 3 aromatic rings. The number of carbonyl (C=O) groups is 1. The Morgan fingerprint density at radius 2 is 1.83 bits per heavy atom. The van der Waals surface area contributed by atoms with E-state index in [4.69, 9.17) is 14.7 Å². The van der Waals surface area contributed by atoms with Crippen molar-refractivity contribution in [3.05, 3.63) is 88.5 Å². The minimum absolute atomic E-state index is 0.0330. The van der Waals surface area contributed by atoms with Crippen LogP contribution in [0.2, 0.25) is 0 Å². The van der Waals surface area contributed by atoms with E-state index < -0.39 is 5.41 Å². The topological polar surface area (TPSA) is 62.6 Å². The molecule has 1 spiro atoms. The number of hydrogen-bond donors (Lipinski definition) is 0. The van der Waals surface area contributed by atoms with Gasteiger partial charge in [-0.1, -0.05) is 30.3 Å². The predicted molar refractivity (Wildman–Crippen MR) is 111 cm³/mol. The lowest BCUT2D eigenvalue weighted by atomic mass is 9.76. The van der Waals surface area contributed by atoms with E-state index in [9.17, 15) is 4.79 Å². The molecular weight excluding hydrogens is 376 g/mol. The van der Waals surface area contributed by atoms with Gasteiger partial charge in [0, 0.05) is 23.7 Å². The van der Waals surface area contributed by atoms with Gasteiger partial charge in [-0.25, -0.2) is 0 Å². The summed E-state index contributed by atoms with van der Waals surface area (Å²) in [6, 6.07) is 21.5. The summed E-state index contributed by atoms with van der Waals surface area (Å²) in [6.45, 7) is 1.41. The Bertz CT molecular complexity index is 1240. The summed E-state index contributed by atoms with van der Waals surface area (Å²) in [5.74, 6) is 1.63. The Morgan fingerprint density at radius 1 is 1.00 bits per heavy atom. The van der Waals surface area contributed by atoms with Crippen LogP contribution in [-0.4, -0.2) is 19.1 Å². The maximum absolute atomic E-state index is 13.9. The van der Waals surface area contributed by atoms with Crippen molar-refractivity contribution in [2.45, 2.75) is 18.4 Å². The second-order valence-corrected chi connectivity index (χ2v) is 7.97. The second kappa shape index (κ2) is 6.11. The summed E-state index contributed by atoms with van der Waals surface area (Å²) in [5.41, 5.74) is 4.74. The number of carbonyl (C=O) groups excluding carboxylic acids is 1. The maximum Gasteiger partial charge on any atom is 0.246 e. The van der Waals surface area contributed by atoms with Crippen molar-refractivity contribution >= 4 is 11.6 Å². The molecule has 5 heteroatoms. The van der Waals surface area contributed by atoms with Crippen LogP contribution in [0.3, 0.4) is 0 Å². The third-order valence-corrected chi connectivity index (χ3v) is 6.38. The second-order valence-electron chi connectivity index (χ2n) is 7.97. The Morgan fingerprint density at radius 3 is 2.67 bits per heavy atom. The molecule has 3 aliphatic rings. The summed E-state index contributed by atoms with van der Waals surface area (Å²) in [4.78, 5) is 15.8. The van der Waals surface area contributed by atoms with E-state index in [0.717, 1.165) is 45.9 Å². The number of fused-ring (bicyclic) bond motifs is 5. The normalized spacial score (nSPS) is 20.4. The number of amides is 1. The molecule has 0 saturated carbocycles. The molecule has 3 aliphatic heterocycles. The van der Waals surface area contributed by atoms with Gasteiger partial charge in [-0.05, 0) is 41.0 Å². The number of nitriles is 1. The minimum atomic E-state index is -0.823. The van der Waals surface area contributed by atoms with E-state index in [0.29, 0.717) is 25.3 Å². The highest BCUT2D eigenvalue weighted by atomic mass is 16.5. The fourth-order valence-electron chi connectivity index (χ4n) is 4.87. The largest absolute Gasteiger partial charge is 0.493 e. The Kier molecular flexibility index (Phi) is 3.48. The third kappa shape index (κ3) is 2.19. The van der Waals surface area contributed by atoms with Gasteiger partial charge in [0.15, 0.2) is 0 Å². The van der Waals surface area contributed by atoms with Gasteiger partial charge in [-0.2, -0.15) is 5.26 Å². The van der Waals surface area contributed by atoms with Crippen molar-refractivity contribution in [3.63, 3.8) is 0 Å². The molecule has 3 heterocycles. The molecule has 3 aromatic carbocycles. The van der Waals surface area contributed by atoms with Crippen molar-refractivity contribution < 1.29 is 14.3 Å². The number of benzene rings is 3. The molecule has 0 aromatic heterocycles. The lowest BCUT2D eigenvalue weighted by molar-refractivity contribution is -0.122. The maximum atomic E-state index is 13.9. The predicted octanol–water partition coefficient (Wildman–Crippen LogP) is 3.72. The Labute approximate surface area is 174 Å². The van der Waals surface area contributed by atoms with Gasteiger partial charge in [0.25, 0.3) is 0 Å². The van der Waals surface area contributed by atoms with Crippen molar-refractivity contribution in [2.24, 2.45) is 0 Å². The van der Waals surface area contributed by atoms with Gasteiger partial charge in [-0.15, -0.1) is 0 Å². The molecule has 1 atom stereocenters. The van der Waals surface area contributed by atoms with Crippen LogP contribution in [0.5, 0.6) is 11.5 Å². The summed E-state index contributed by atoms with van der Waals surface area (Å²) in [5, 5.41) is 9.05. The molecule has 0 bridgehead atoms. The average molecular weight is 394 g/mol. The minimum Gasteiger partial charge on any atom is -0.493 e.